The number of methoxy groups -OCH3 is 3. The van der Waals surface area contributed by atoms with Gasteiger partial charge in [0.15, 0.2) is 18.1 Å². The molecule has 0 bridgehead atoms. The van der Waals surface area contributed by atoms with E-state index in [1.165, 1.54) is 33.5 Å². The van der Waals surface area contributed by atoms with Crippen molar-refractivity contribution in [3.63, 3.8) is 0 Å². The number of carbonyl (C=O) groups is 2. The monoisotopic (exact) mass is 399 g/mol. The van der Waals surface area contributed by atoms with E-state index in [2.05, 4.69) is 5.32 Å². The maximum Gasteiger partial charge on any atom is 0.331 e. The third-order valence-electron chi connectivity index (χ3n) is 4.19. The van der Waals surface area contributed by atoms with Gasteiger partial charge in [-0.3, -0.25) is 4.79 Å². The molecule has 0 unspecified atom stereocenters. The highest BCUT2D eigenvalue weighted by molar-refractivity contribution is 5.95. The van der Waals surface area contributed by atoms with Crippen molar-refractivity contribution in [2.75, 3.05) is 33.3 Å². The van der Waals surface area contributed by atoms with Crippen LogP contribution < -0.4 is 19.5 Å². The first-order valence-corrected chi connectivity index (χ1v) is 8.90. The SMILES string of the molecule is COc1cc(/C=C/C(=O)OCC(=O)Nc2c(C)cccc2C)cc(OC)c1OC. The Kier molecular flexibility index (Phi) is 7.65. The van der Waals surface area contributed by atoms with Crippen LogP contribution in [0.15, 0.2) is 36.4 Å². The van der Waals surface area contributed by atoms with Gasteiger partial charge in [-0.2, -0.15) is 0 Å². The van der Waals surface area contributed by atoms with Crippen LogP contribution in [0.4, 0.5) is 5.69 Å². The fraction of sp³-hybridized carbons (Fsp3) is 0.273. The number of amides is 1. The van der Waals surface area contributed by atoms with Gasteiger partial charge in [0.25, 0.3) is 5.91 Å². The standard InChI is InChI=1S/C22H25NO6/c1-14-7-6-8-15(2)21(14)23-19(24)13-29-20(25)10-9-16-11-17(26-3)22(28-5)18(12-16)27-4/h6-12H,13H2,1-5H3,(H,23,24)/b10-9+. The molecule has 7 heteroatoms. The van der Waals surface area contributed by atoms with Gasteiger partial charge >= 0.3 is 5.97 Å². The molecule has 29 heavy (non-hydrogen) atoms. The molecular weight excluding hydrogens is 374 g/mol. The summed E-state index contributed by atoms with van der Waals surface area (Å²) in [5, 5.41) is 2.76. The van der Waals surface area contributed by atoms with Crippen molar-refractivity contribution in [1.29, 1.82) is 0 Å². The van der Waals surface area contributed by atoms with Crippen molar-refractivity contribution in [2.45, 2.75) is 13.8 Å². The van der Waals surface area contributed by atoms with Gasteiger partial charge in [0.2, 0.25) is 5.75 Å². The van der Waals surface area contributed by atoms with E-state index in [-0.39, 0.29) is 6.61 Å². The number of para-hydroxylation sites is 1. The number of hydrogen-bond donors (Lipinski definition) is 1. The summed E-state index contributed by atoms with van der Waals surface area (Å²) in [7, 11) is 4.53. The van der Waals surface area contributed by atoms with Crippen molar-refractivity contribution < 1.29 is 28.5 Å². The van der Waals surface area contributed by atoms with Crippen LogP contribution in [-0.2, 0) is 14.3 Å². The summed E-state index contributed by atoms with van der Waals surface area (Å²) in [6.45, 7) is 3.41. The first-order chi connectivity index (χ1) is 13.9. The lowest BCUT2D eigenvalue weighted by molar-refractivity contribution is -0.142. The van der Waals surface area contributed by atoms with Crippen LogP contribution in [0, 0.1) is 13.8 Å². The maximum absolute atomic E-state index is 12.1. The van der Waals surface area contributed by atoms with E-state index >= 15 is 0 Å². The van der Waals surface area contributed by atoms with Gasteiger partial charge in [0.05, 0.1) is 21.3 Å². The largest absolute Gasteiger partial charge is 0.493 e. The smallest absolute Gasteiger partial charge is 0.331 e. The lowest BCUT2D eigenvalue weighted by Crippen LogP contribution is -2.21. The van der Waals surface area contributed by atoms with E-state index < -0.39 is 11.9 Å². The van der Waals surface area contributed by atoms with E-state index in [0.717, 1.165) is 16.8 Å². The normalized spacial score (nSPS) is 10.5. The van der Waals surface area contributed by atoms with E-state index in [4.69, 9.17) is 18.9 Å². The van der Waals surface area contributed by atoms with Crippen LogP contribution in [0.5, 0.6) is 17.2 Å². The number of rotatable bonds is 8. The highest BCUT2D eigenvalue weighted by Gasteiger charge is 2.13. The van der Waals surface area contributed by atoms with E-state index in [1.54, 1.807) is 12.1 Å². The minimum Gasteiger partial charge on any atom is -0.493 e. The highest BCUT2D eigenvalue weighted by atomic mass is 16.5. The summed E-state index contributed by atoms with van der Waals surface area (Å²) < 4.78 is 20.8. The average Bonchev–Trinajstić information content (AvgIpc) is 2.72. The number of carbonyl (C=O) groups excluding carboxylic acids is 2. The molecule has 0 spiro atoms. The minimum atomic E-state index is -0.643. The Balaban J connectivity index is 1.98. The van der Waals surface area contributed by atoms with Gasteiger partial charge < -0.3 is 24.3 Å². The van der Waals surface area contributed by atoms with Gasteiger partial charge in [-0.25, -0.2) is 4.79 Å². The van der Waals surface area contributed by atoms with E-state index in [0.29, 0.717) is 22.8 Å². The molecule has 0 aliphatic rings. The molecule has 0 aliphatic carbocycles. The van der Waals surface area contributed by atoms with Crippen molar-refractivity contribution in [1.82, 2.24) is 0 Å². The molecule has 0 saturated heterocycles. The molecule has 2 aromatic carbocycles. The zero-order valence-electron chi connectivity index (χ0n) is 17.2. The van der Waals surface area contributed by atoms with E-state index in [1.807, 2.05) is 32.0 Å². The van der Waals surface area contributed by atoms with Gasteiger partial charge in [0, 0.05) is 11.8 Å². The van der Waals surface area contributed by atoms with Gasteiger partial charge in [-0.15, -0.1) is 0 Å². The van der Waals surface area contributed by atoms with Crippen molar-refractivity contribution in [3.05, 3.63) is 53.1 Å². The van der Waals surface area contributed by atoms with Crippen LogP contribution in [0.1, 0.15) is 16.7 Å². The van der Waals surface area contributed by atoms with Crippen molar-refractivity contribution in [3.8, 4) is 17.2 Å². The molecule has 1 amide bonds. The summed E-state index contributed by atoms with van der Waals surface area (Å²) in [5.74, 6) is 0.339. The minimum absolute atomic E-state index is 0.383. The molecule has 0 aliphatic heterocycles. The Hall–Kier alpha value is -3.48. The predicted molar refractivity (Wildman–Crippen MR) is 111 cm³/mol. The second-order valence-electron chi connectivity index (χ2n) is 6.21. The number of hydrogen-bond acceptors (Lipinski definition) is 6. The summed E-state index contributed by atoms with van der Waals surface area (Å²) in [4.78, 5) is 24.0. The lowest BCUT2D eigenvalue weighted by atomic mass is 10.1. The van der Waals surface area contributed by atoms with Crippen molar-refractivity contribution >= 4 is 23.6 Å². The number of ether oxygens (including phenoxy) is 4. The fourth-order valence-corrected chi connectivity index (χ4v) is 2.73. The third kappa shape index (κ3) is 5.75. The quantitative estimate of drug-likeness (QED) is 0.540. The second-order valence-corrected chi connectivity index (χ2v) is 6.21. The zero-order chi connectivity index (χ0) is 21.4. The van der Waals surface area contributed by atoms with Gasteiger partial charge in [-0.1, -0.05) is 18.2 Å². The molecule has 1 N–H and O–H groups in total. The van der Waals surface area contributed by atoms with Crippen LogP contribution in [0.25, 0.3) is 6.08 Å². The van der Waals surface area contributed by atoms with Gasteiger partial charge in [-0.05, 0) is 48.7 Å². The summed E-state index contributed by atoms with van der Waals surface area (Å²) in [5.41, 5.74) is 3.25. The number of esters is 1. The molecule has 154 valence electrons. The number of anilines is 1. The molecule has 7 nitrogen and oxygen atoms in total. The molecule has 2 rings (SSSR count). The summed E-state index contributed by atoms with van der Waals surface area (Å²) in [6, 6.07) is 9.09. The molecule has 0 fully saturated rings. The van der Waals surface area contributed by atoms with Crippen molar-refractivity contribution in [2.24, 2.45) is 0 Å². The number of nitrogens with one attached hydrogen (secondary N) is 1. The fourth-order valence-electron chi connectivity index (χ4n) is 2.73. The molecular formula is C22H25NO6. The predicted octanol–water partition coefficient (Wildman–Crippen LogP) is 3.52. The first-order valence-electron chi connectivity index (χ1n) is 8.90. The summed E-state index contributed by atoms with van der Waals surface area (Å²) in [6.07, 6.45) is 2.77. The third-order valence-corrected chi connectivity index (χ3v) is 4.19. The Morgan fingerprint density at radius 1 is 0.966 bits per heavy atom. The number of aryl methyl sites for hydroxylation is 2. The van der Waals surface area contributed by atoms with Crippen LogP contribution >= 0.6 is 0 Å². The molecule has 0 aromatic heterocycles. The lowest BCUT2D eigenvalue weighted by Gasteiger charge is -2.12. The Morgan fingerprint density at radius 2 is 1.55 bits per heavy atom. The van der Waals surface area contributed by atoms with E-state index in [9.17, 15) is 9.59 Å². The Bertz CT molecular complexity index is 874. The molecule has 0 saturated carbocycles. The topological polar surface area (TPSA) is 83.1 Å². The second kappa shape index (κ2) is 10.2. The van der Waals surface area contributed by atoms with Gasteiger partial charge in [0.1, 0.15) is 0 Å². The molecule has 0 radical (unpaired) electrons. The average molecular weight is 399 g/mol. The number of benzene rings is 2. The molecule has 0 atom stereocenters. The first kappa shape index (κ1) is 21.8. The Morgan fingerprint density at radius 3 is 2.07 bits per heavy atom. The summed E-state index contributed by atoms with van der Waals surface area (Å²) >= 11 is 0. The molecule has 2 aromatic rings. The van der Waals surface area contributed by atoms with Crippen LogP contribution in [0.2, 0.25) is 0 Å². The van der Waals surface area contributed by atoms with Crippen LogP contribution in [0.3, 0.4) is 0 Å². The highest BCUT2D eigenvalue weighted by Crippen LogP contribution is 2.38. The molecule has 0 heterocycles. The zero-order valence-corrected chi connectivity index (χ0v) is 17.2. The maximum atomic E-state index is 12.1. The van der Waals surface area contributed by atoms with Crippen LogP contribution in [-0.4, -0.2) is 39.8 Å². The Labute approximate surface area is 170 Å².